The van der Waals surface area contributed by atoms with Crippen molar-refractivity contribution in [2.45, 2.75) is 32.3 Å². The number of amides is 1. The fourth-order valence-electron chi connectivity index (χ4n) is 3.97. The Kier molecular flexibility index (Phi) is 4.59. The zero-order valence-electron chi connectivity index (χ0n) is 15.6. The van der Waals surface area contributed by atoms with Crippen molar-refractivity contribution >= 4 is 11.6 Å². The van der Waals surface area contributed by atoms with Crippen LogP contribution < -0.4 is 4.90 Å². The second kappa shape index (κ2) is 6.92. The van der Waals surface area contributed by atoms with Gasteiger partial charge in [-0.15, -0.1) is 0 Å². The maximum absolute atomic E-state index is 14.1. The number of hydrogen-bond acceptors (Lipinski definition) is 6. The summed E-state index contributed by atoms with van der Waals surface area (Å²) in [5.41, 5.74) is 0.807. The summed E-state index contributed by atoms with van der Waals surface area (Å²) in [4.78, 5) is 24.5. The summed E-state index contributed by atoms with van der Waals surface area (Å²) >= 11 is 0. The number of nitrogens with zero attached hydrogens (tertiary/aromatic N) is 4. The standard InChI is InChI=1S/C19H23FN4O3/c1-13-17(27-14(2)22-13)18(25)23-7-4-19(5-8-23)12-24(9-10-26-19)16-3-6-21-11-15(16)20/h3,6,11H,4-5,7-10,12H2,1-2H3. The molecule has 4 rings (SSSR count). The highest BCUT2D eigenvalue weighted by molar-refractivity contribution is 5.92. The molecule has 0 saturated carbocycles. The molecule has 0 aromatic carbocycles. The fourth-order valence-corrected chi connectivity index (χ4v) is 3.97. The first-order valence-corrected chi connectivity index (χ1v) is 9.19. The Morgan fingerprint density at radius 3 is 2.70 bits per heavy atom. The highest BCUT2D eigenvalue weighted by Crippen LogP contribution is 2.33. The first-order chi connectivity index (χ1) is 13.0. The topological polar surface area (TPSA) is 71.7 Å². The molecular formula is C19H23FN4O3. The van der Waals surface area contributed by atoms with E-state index in [1.807, 2.05) is 4.90 Å². The van der Waals surface area contributed by atoms with Crippen LogP contribution in [-0.2, 0) is 4.74 Å². The number of ether oxygens (including phenoxy) is 1. The highest BCUT2D eigenvalue weighted by Gasteiger charge is 2.41. The molecule has 0 bridgehead atoms. The minimum absolute atomic E-state index is 0.129. The smallest absolute Gasteiger partial charge is 0.291 e. The molecule has 2 fully saturated rings. The van der Waals surface area contributed by atoms with Gasteiger partial charge >= 0.3 is 0 Å². The van der Waals surface area contributed by atoms with Gasteiger partial charge < -0.3 is 19.0 Å². The van der Waals surface area contributed by atoms with Crippen LogP contribution in [0.3, 0.4) is 0 Å². The van der Waals surface area contributed by atoms with E-state index in [0.29, 0.717) is 68.7 Å². The summed E-state index contributed by atoms with van der Waals surface area (Å²) in [6.45, 7) is 6.45. The van der Waals surface area contributed by atoms with Crippen LogP contribution >= 0.6 is 0 Å². The Morgan fingerprint density at radius 1 is 1.26 bits per heavy atom. The van der Waals surface area contributed by atoms with Gasteiger partial charge in [0.1, 0.15) is 0 Å². The summed E-state index contributed by atoms with van der Waals surface area (Å²) < 4.78 is 25.7. The summed E-state index contributed by atoms with van der Waals surface area (Å²) in [6.07, 6.45) is 4.24. The van der Waals surface area contributed by atoms with Gasteiger partial charge in [-0.3, -0.25) is 9.78 Å². The quantitative estimate of drug-likeness (QED) is 0.804. The average molecular weight is 374 g/mol. The lowest BCUT2D eigenvalue weighted by atomic mass is 9.89. The number of pyridine rings is 1. The van der Waals surface area contributed by atoms with Gasteiger partial charge in [0.2, 0.25) is 5.76 Å². The minimum Gasteiger partial charge on any atom is -0.436 e. The largest absolute Gasteiger partial charge is 0.436 e. The second-order valence-electron chi connectivity index (χ2n) is 7.22. The van der Waals surface area contributed by atoms with E-state index in [4.69, 9.17) is 9.15 Å². The summed E-state index contributed by atoms with van der Waals surface area (Å²) in [7, 11) is 0. The van der Waals surface area contributed by atoms with Crippen molar-refractivity contribution in [1.82, 2.24) is 14.9 Å². The van der Waals surface area contributed by atoms with Gasteiger partial charge in [-0.25, -0.2) is 9.37 Å². The molecule has 0 aliphatic carbocycles. The first-order valence-electron chi connectivity index (χ1n) is 9.19. The van der Waals surface area contributed by atoms with Crippen molar-refractivity contribution in [2.75, 3.05) is 37.7 Å². The molecule has 0 unspecified atom stereocenters. The number of rotatable bonds is 2. The maximum Gasteiger partial charge on any atom is 0.291 e. The molecule has 2 saturated heterocycles. The van der Waals surface area contributed by atoms with E-state index >= 15 is 0 Å². The zero-order chi connectivity index (χ0) is 19.0. The molecule has 1 amide bonds. The molecule has 2 aromatic rings. The number of likely N-dealkylation sites (tertiary alicyclic amines) is 1. The van der Waals surface area contributed by atoms with Crippen LogP contribution in [0.5, 0.6) is 0 Å². The molecule has 27 heavy (non-hydrogen) atoms. The summed E-state index contributed by atoms with van der Waals surface area (Å²) in [5.74, 6) is 0.359. The van der Waals surface area contributed by atoms with E-state index in [1.165, 1.54) is 6.20 Å². The normalized spacial score (nSPS) is 19.5. The van der Waals surface area contributed by atoms with E-state index < -0.39 is 0 Å². The molecular weight excluding hydrogens is 351 g/mol. The SMILES string of the molecule is Cc1nc(C)c(C(=O)N2CCC3(CC2)CN(c2ccncc2F)CCO3)o1. The number of carbonyl (C=O) groups is 1. The van der Waals surface area contributed by atoms with Gasteiger partial charge in [-0.1, -0.05) is 0 Å². The van der Waals surface area contributed by atoms with Crippen molar-refractivity contribution in [2.24, 2.45) is 0 Å². The minimum atomic E-state index is -0.364. The number of aromatic nitrogens is 2. The first kappa shape index (κ1) is 17.9. The molecule has 2 aliphatic rings. The Labute approximate surface area is 157 Å². The van der Waals surface area contributed by atoms with Gasteiger partial charge in [-0.2, -0.15) is 0 Å². The summed E-state index contributed by atoms with van der Waals surface area (Å²) in [6, 6.07) is 1.70. The Hall–Kier alpha value is -2.48. The lowest BCUT2D eigenvalue weighted by molar-refractivity contribution is -0.0871. The van der Waals surface area contributed by atoms with Gasteiger partial charge in [0, 0.05) is 39.3 Å². The van der Waals surface area contributed by atoms with E-state index in [0.717, 1.165) is 0 Å². The van der Waals surface area contributed by atoms with E-state index in [2.05, 4.69) is 9.97 Å². The van der Waals surface area contributed by atoms with Gasteiger partial charge in [0.05, 0.1) is 29.8 Å². The molecule has 2 aliphatic heterocycles. The van der Waals surface area contributed by atoms with E-state index in [-0.39, 0.29) is 17.3 Å². The Balaban J connectivity index is 1.44. The lowest BCUT2D eigenvalue weighted by Gasteiger charge is -2.47. The molecule has 4 heterocycles. The van der Waals surface area contributed by atoms with E-state index in [1.54, 1.807) is 31.0 Å². The highest BCUT2D eigenvalue weighted by atomic mass is 19.1. The molecule has 0 atom stereocenters. The number of halogens is 1. The van der Waals surface area contributed by atoms with Gasteiger partial charge in [0.25, 0.3) is 5.91 Å². The van der Waals surface area contributed by atoms with Gasteiger partial charge in [0.15, 0.2) is 11.7 Å². The van der Waals surface area contributed by atoms with Crippen LogP contribution in [0, 0.1) is 19.7 Å². The third kappa shape index (κ3) is 3.41. The monoisotopic (exact) mass is 374 g/mol. The number of morpholine rings is 1. The summed E-state index contributed by atoms with van der Waals surface area (Å²) in [5, 5.41) is 0. The van der Waals surface area contributed by atoms with Crippen LogP contribution in [0.15, 0.2) is 22.9 Å². The Morgan fingerprint density at radius 2 is 2.04 bits per heavy atom. The number of anilines is 1. The molecule has 0 N–H and O–H groups in total. The predicted molar refractivity (Wildman–Crippen MR) is 96.2 cm³/mol. The third-order valence-electron chi connectivity index (χ3n) is 5.40. The van der Waals surface area contributed by atoms with Crippen molar-refractivity contribution < 1.29 is 18.3 Å². The number of carbonyl (C=O) groups excluding carboxylic acids is 1. The molecule has 8 heteroatoms. The molecule has 7 nitrogen and oxygen atoms in total. The van der Waals surface area contributed by atoms with Crippen LogP contribution in [0.2, 0.25) is 0 Å². The average Bonchev–Trinajstić information content (AvgIpc) is 3.00. The maximum atomic E-state index is 14.1. The van der Waals surface area contributed by atoms with Crippen molar-refractivity contribution in [3.63, 3.8) is 0 Å². The Bertz CT molecular complexity index is 845. The number of oxazole rings is 1. The zero-order valence-corrected chi connectivity index (χ0v) is 15.6. The number of hydrogen-bond donors (Lipinski definition) is 0. The molecule has 144 valence electrons. The van der Waals surface area contributed by atoms with Crippen molar-refractivity contribution in [1.29, 1.82) is 0 Å². The van der Waals surface area contributed by atoms with Crippen molar-refractivity contribution in [3.8, 4) is 0 Å². The van der Waals surface area contributed by atoms with Crippen molar-refractivity contribution in [3.05, 3.63) is 41.6 Å². The number of aryl methyl sites for hydroxylation is 2. The van der Waals surface area contributed by atoms with Crippen LogP contribution in [0.4, 0.5) is 10.1 Å². The van der Waals surface area contributed by atoms with E-state index in [9.17, 15) is 9.18 Å². The molecule has 1 spiro atoms. The molecule has 2 aromatic heterocycles. The lowest BCUT2D eigenvalue weighted by Crippen LogP contribution is -2.57. The van der Waals surface area contributed by atoms with Crippen LogP contribution in [0.25, 0.3) is 0 Å². The fraction of sp³-hybridized carbons (Fsp3) is 0.526. The van der Waals surface area contributed by atoms with Crippen LogP contribution in [-0.4, -0.2) is 59.2 Å². The number of piperidine rings is 1. The van der Waals surface area contributed by atoms with Gasteiger partial charge in [-0.05, 0) is 25.8 Å². The molecule has 0 radical (unpaired) electrons. The predicted octanol–water partition coefficient (Wildman–Crippen LogP) is 2.34. The third-order valence-corrected chi connectivity index (χ3v) is 5.40. The van der Waals surface area contributed by atoms with Crippen LogP contribution in [0.1, 0.15) is 35.0 Å². The second-order valence-corrected chi connectivity index (χ2v) is 7.22.